The van der Waals surface area contributed by atoms with Crippen LogP contribution < -0.4 is 15.4 Å². The minimum atomic E-state index is -0.151. The zero-order valence-corrected chi connectivity index (χ0v) is 12.9. The van der Waals surface area contributed by atoms with Crippen LogP contribution in [0.5, 0.6) is 5.75 Å². The maximum absolute atomic E-state index is 12.0. The monoisotopic (exact) mass is 310 g/mol. The fourth-order valence-electron chi connectivity index (χ4n) is 2.41. The van der Waals surface area contributed by atoms with Gasteiger partial charge in [0, 0.05) is 12.1 Å². The summed E-state index contributed by atoms with van der Waals surface area (Å²) in [5, 5.41) is 5.68. The van der Waals surface area contributed by atoms with Gasteiger partial charge >= 0.3 is 0 Å². The lowest BCUT2D eigenvalue weighted by Crippen LogP contribution is -2.26. The van der Waals surface area contributed by atoms with Crippen molar-refractivity contribution in [2.24, 2.45) is 0 Å². The molecule has 2 aromatic carbocycles. The molecule has 1 aliphatic rings. The predicted molar refractivity (Wildman–Crippen MR) is 87.8 cm³/mol. The molecular formula is C18H18N2O3. The molecule has 0 aliphatic carbocycles. The van der Waals surface area contributed by atoms with Crippen molar-refractivity contribution in [2.75, 3.05) is 18.5 Å². The first-order chi connectivity index (χ1) is 11.1. The van der Waals surface area contributed by atoms with Gasteiger partial charge in [0.15, 0.2) is 6.61 Å². The first-order valence-corrected chi connectivity index (χ1v) is 7.52. The second-order valence-corrected chi connectivity index (χ2v) is 5.54. The lowest BCUT2D eigenvalue weighted by atomic mass is 10.1. The summed E-state index contributed by atoms with van der Waals surface area (Å²) in [4.78, 5) is 23.4. The topological polar surface area (TPSA) is 67.4 Å². The molecule has 0 bridgehead atoms. The second kappa shape index (κ2) is 6.52. The zero-order valence-electron chi connectivity index (χ0n) is 12.9. The Bertz CT molecular complexity index is 738. The van der Waals surface area contributed by atoms with Gasteiger partial charge in [0.05, 0.1) is 5.69 Å². The Hall–Kier alpha value is -2.82. The van der Waals surface area contributed by atoms with Crippen molar-refractivity contribution in [2.45, 2.75) is 13.3 Å². The number of rotatable bonds is 4. The number of carbonyl (C=O) groups excluding carboxylic acids is 2. The summed E-state index contributed by atoms with van der Waals surface area (Å²) in [7, 11) is 0. The molecule has 1 heterocycles. The van der Waals surface area contributed by atoms with Crippen LogP contribution in [-0.2, 0) is 11.2 Å². The van der Waals surface area contributed by atoms with Crippen LogP contribution in [-0.4, -0.2) is 25.0 Å². The standard InChI is InChI=1S/C18H18N2O3/c1-12-2-5-14(6-3-12)18(22)19-9-8-13-4-7-16-15(10-13)20-17(21)11-23-16/h2-7,10H,8-9,11H2,1H3,(H,19,22)(H,20,21). The molecule has 0 unspecified atom stereocenters. The van der Waals surface area contributed by atoms with Gasteiger partial charge in [-0.1, -0.05) is 23.8 Å². The molecule has 0 saturated heterocycles. The third-order valence-electron chi connectivity index (χ3n) is 3.69. The highest BCUT2D eigenvalue weighted by Gasteiger charge is 2.15. The van der Waals surface area contributed by atoms with E-state index in [1.807, 2.05) is 49.4 Å². The maximum Gasteiger partial charge on any atom is 0.262 e. The minimum Gasteiger partial charge on any atom is -0.482 e. The van der Waals surface area contributed by atoms with E-state index >= 15 is 0 Å². The minimum absolute atomic E-state index is 0.0545. The number of hydrogen-bond donors (Lipinski definition) is 2. The molecule has 0 spiro atoms. The highest BCUT2D eigenvalue weighted by Crippen LogP contribution is 2.28. The van der Waals surface area contributed by atoms with Gasteiger partial charge in [0.25, 0.3) is 11.8 Å². The van der Waals surface area contributed by atoms with Crippen LogP contribution in [0.4, 0.5) is 5.69 Å². The third-order valence-corrected chi connectivity index (χ3v) is 3.69. The Morgan fingerprint density at radius 1 is 1.22 bits per heavy atom. The maximum atomic E-state index is 12.0. The summed E-state index contributed by atoms with van der Waals surface area (Å²) in [5.74, 6) is 0.443. The zero-order chi connectivity index (χ0) is 16.2. The first kappa shape index (κ1) is 15.1. The molecule has 0 atom stereocenters. The third kappa shape index (κ3) is 3.69. The first-order valence-electron chi connectivity index (χ1n) is 7.52. The number of aryl methyl sites for hydroxylation is 1. The Balaban J connectivity index is 1.56. The van der Waals surface area contributed by atoms with Crippen LogP contribution in [0.1, 0.15) is 21.5 Å². The van der Waals surface area contributed by atoms with E-state index in [4.69, 9.17) is 4.74 Å². The molecule has 0 saturated carbocycles. The highest BCUT2D eigenvalue weighted by atomic mass is 16.5. The molecule has 1 aliphatic heterocycles. The summed E-state index contributed by atoms with van der Waals surface area (Å²) in [6.07, 6.45) is 0.681. The molecule has 0 fully saturated rings. The average molecular weight is 310 g/mol. The van der Waals surface area contributed by atoms with E-state index in [-0.39, 0.29) is 18.4 Å². The number of fused-ring (bicyclic) bond motifs is 1. The largest absolute Gasteiger partial charge is 0.482 e. The van der Waals surface area contributed by atoms with Crippen molar-refractivity contribution in [3.05, 3.63) is 59.2 Å². The Morgan fingerprint density at radius 2 is 2.00 bits per heavy atom. The molecule has 118 valence electrons. The van der Waals surface area contributed by atoms with E-state index in [1.54, 1.807) is 0 Å². The van der Waals surface area contributed by atoms with Crippen molar-refractivity contribution in [3.8, 4) is 5.75 Å². The SMILES string of the molecule is Cc1ccc(C(=O)NCCc2ccc3c(c2)NC(=O)CO3)cc1. The molecule has 23 heavy (non-hydrogen) atoms. The second-order valence-electron chi connectivity index (χ2n) is 5.54. The predicted octanol–water partition coefficient (Wildman–Crippen LogP) is 2.30. The Kier molecular flexibility index (Phi) is 4.28. The average Bonchev–Trinajstić information content (AvgIpc) is 2.55. The van der Waals surface area contributed by atoms with E-state index < -0.39 is 0 Å². The van der Waals surface area contributed by atoms with Crippen LogP contribution in [0.3, 0.4) is 0 Å². The molecule has 0 aromatic heterocycles. The van der Waals surface area contributed by atoms with E-state index in [9.17, 15) is 9.59 Å². The van der Waals surface area contributed by atoms with Gasteiger partial charge in [-0.2, -0.15) is 0 Å². The van der Waals surface area contributed by atoms with E-state index in [0.717, 1.165) is 11.1 Å². The van der Waals surface area contributed by atoms with Gasteiger partial charge in [-0.25, -0.2) is 0 Å². The fraction of sp³-hybridized carbons (Fsp3) is 0.222. The van der Waals surface area contributed by atoms with Gasteiger partial charge in [-0.15, -0.1) is 0 Å². The van der Waals surface area contributed by atoms with E-state index in [0.29, 0.717) is 30.0 Å². The summed E-state index contributed by atoms with van der Waals surface area (Å²) in [6.45, 7) is 2.57. The van der Waals surface area contributed by atoms with Crippen LogP contribution in [0, 0.1) is 6.92 Å². The number of carbonyl (C=O) groups is 2. The molecule has 5 heteroatoms. The molecule has 3 rings (SSSR count). The van der Waals surface area contributed by atoms with Gasteiger partial charge in [-0.3, -0.25) is 9.59 Å². The van der Waals surface area contributed by atoms with Crippen LogP contribution in [0.2, 0.25) is 0 Å². The smallest absolute Gasteiger partial charge is 0.262 e. The molecule has 0 radical (unpaired) electrons. The van der Waals surface area contributed by atoms with Crippen LogP contribution in [0.25, 0.3) is 0 Å². The molecule has 2 N–H and O–H groups in total. The van der Waals surface area contributed by atoms with Crippen molar-refractivity contribution >= 4 is 17.5 Å². The lowest BCUT2D eigenvalue weighted by molar-refractivity contribution is -0.118. The molecule has 5 nitrogen and oxygen atoms in total. The summed E-state index contributed by atoms with van der Waals surface area (Å²) in [5.41, 5.74) is 3.49. The van der Waals surface area contributed by atoms with Gasteiger partial charge in [0.1, 0.15) is 5.75 Å². The number of hydrogen-bond acceptors (Lipinski definition) is 3. The van der Waals surface area contributed by atoms with Crippen molar-refractivity contribution in [3.63, 3.8) is 0 Å². The number of amides is 2. The summed E-state index contributed by atoms with van der Waals surface area (Å²) in [6, 6.07) is 13.1. The molecular weight excluding hydrogens is 292 g/mol. The fourth-order valence-corrected chi connectivity index (χ4v) is 2.41. The van der Waals surface area contributed by atoms with Gasteiger partial charge < -0.3 is 15.4 Å². The van der Waals surface area contributed by atoms with Crippen molar-refractivity contribution in [1.29, 1.82) is 0 Å². The Labute approximate surface area is 134 Å². The van der Waals surface area contributed by atoms with Crippen LogP contribution in [0.15, 0.2) is 42.5 Å². The summed E-state index contributed by atoms with van der Waals surface area (Å²) < 4.78 is 5.32. The van der Waals surface area contributed by atoms with Gasteiger partial charge in [0.2, 0.25) is 0 Å². The molecule has 2 amide bonds. The van der Waals surface area contributed by atoms with Crippen molar-refractivity contribution in [1.82, 2.24) is 5.32 Å². The normalized spacial score (nSPS) is 12.8. The van der Waals surface area contributed by atoms with Crippen LogP contribution >= 0.6 is 0 Å². The number of nitrogens with one attached hydrogen (secondary N) is 2. The van der Waals surface area contributed by atoms with Gasteiger partial charge in [-0.05, 0) is 43.2 Å². The number of benzene rings is 2. The Morgan fingerprint density at radius 3 is 2.78 bits per heavy atom. The number of ether oxygens (including phenoxy) is 1. The quantitative estimate of drug-likeness (QED) is 0.910. The van der Waals surface area contributed by atoms with E-state index in [1.165, 1.54) is 0 Å². The molecule has 2 aromatic rings. The summed E-state index contributed by atoms with van der Waals surface area (Å²) >= 11 is 0. The number of anilines is 1. The van der Waals surface area contributed by atoms with Crippen molar-refractivity contribution < 1.29 is 14.3 Å². The van der Waals surface area contributed by atoms with E-state index in [2.05, 4.69) is 10.6 Å². The lowest BCUT2D eigenvalue weighted by Gasteiger charge is -2.18. The highest BCUT2D eigenvalue weighted by molar-refractivity contribution is 5.95.